The average molecular weight is 342 g/mol. The Bertz CT molecular complexity index is 675. The number of allylic oxidation sites excluding steroid dienone is 2. The van der Waals surface area contributed by atoms with E-state index in [0.717, 1.165) is 50.5 Å². The summed E-state index contributed by atoms with van der Waals surface area (Å²) >= 11 is 0. The van der Waals surface area contributed by atoms with Crippen LogP contribution in [0.1, 0.15) is 65.7 Å². The second-order valence-corrected chi connectivity index (χ2v) is 9.33. The van der Waals surface area contributed by atoms with Crippen molar-refractivity contribution >= 4 is 11.8 Å². The van der Waals surface area contributed by atoms with Crippen molar-refractivity contribution in [2.24, 2.45) is 28.6 Å². The van der Waals surface area contributed by atoms with E-state index in [4.69, 9.17) is 4.74 Å². The van der Waals surface area contributed by atoms with Crippen LogP contribution in [0, 0.1) is 28.6 Å². The van der Waals surface area contributed by atoms with Crippen LogP contribution in [0.2, 0.25) is 0 Å². The second-order valence-electron chi connectivity index (χ2n) is 9.33. The first-order chi connectivity index (χ1) is 11.8. The lowest BCUT2D eigenvalue weighted by Crippen LogP contribution is -2.50. The number of fused-ring (bicyclic) bond motifs is 5. The smallest absolute Gasteiger partial charge is 0.302 e. The number of Topliss-reactive ketones (excluding diaryl/α,β-unsaturated/α-hetero) is 1. The van der Waals surface area contributed by atoms with Crippen LogP contribution in [0.15, 0.2) is 23.8 Å². The van der Waals surface area contributed by atoms with Crippen LogP contribution >= 0.6 is 0 Å². The van der Waals surface area contributed by atoms with Gasteiger partial charge in [-0.2, -0.15) is 0 Å². The highest BCUT2D eigenvalue weighted by molar-refractivity contribution is 6.02. The third kappa shape index (κ3) is 2.38. The summed E-state index contributed by atoms with van der Waals surface area (Å²) in [4.78, 5) is 24.0. The SMILES string of the molecule is C=C1C[C@@H]2[C@H]3CC=C4C[C@@H](OC(C)=O)CC[C@]4(C)[C@@H]3CC[C@@]2(C)C1=O. The number of hydrogen-bond acceptors (Lipinski definition) is 3. The topological polar surface area (TPSA) is 43.4 Å². The Hall–Kier alpha value is -1.38. The fourth-order valence-electron chi connectivity index (χ4n) is 6.70. The zero-order chi connectivity index (χ0) is 18.0. The van der Waals surface area contributed by atoms with Gasteiger partial charge >= 0.3 is 5.97 Å². The van der Waals surface area contributed by atoms with E-state index in [1.807, 2.05) is 0 Å². The van der Waals surface area contributed by atoms with E-state index in [9.17, 15) is 9.59 Å². The maximum Gasteiger partial charge on any atom is 0.302 e. The number of carbonyl (C=O) groups excluding carboxylic acids is 2. The Balaban J connectivity index is 1.62. The van der Waals surface area contributed by atoms with Gasteiger partial charge in [-0.05, 0) is 67.3 Å². The van der Waals surface area contributed by atoms with Gasteiger partial charge in [0.2, 0.25) is 0 Å². The molecule has 0 radical (unpaired) electrons. The summed E-state index contributed by atoms with van der Waals surface area (Å²) in [6.07, 6.45) is 9.54. The normalized spacial score (nSPS) is 46.0. The molecule has 0 spiro atoms. The van der Waals surface area contributed by atoms with Gasteiger partial charge in [0.25, 0.3) is 0 Å². The minimum Gasteiger partial charge on any atom is -0.462 e. The van der Waals surface area contributed by atoms with Crippen LogP contribution in [-0.2, 0) is 14.3 Å². The van der Waals surface area contributed by atoms with Crippen molar-refractivity contribution in [3.8, 4) is 0 Å². The summed E-state index contributed by atoms with van der Waals surface area (Å²) in [6.45, 7) is 10.2. The maximum atomic E-state index is 12.7. The Labute approximate surface area is 150 Å². The van der Waals surface area contributed by atoms with Gasteiger partial charge in [0.05, 0.1) is 0 Å². The Morgan fingerprint density at radius 2 is 1.88 bits per heavy atom. The Morgan fingerprint density at radius 3 is 2.60 bits per heavy atom. The van der Waals surface area contributed by atoms with Crippen LogP contribution in [0.3, 0.4) is 0 Å². The summed E-state index contributed by atoms with van der Waals surface area (Å²) in [7, 11) is 0. The summed E-state index contributed by atoms with van der Waals surface area (Å²) in [5, 5.41) is 0. The van der Waals surface area contributed by atoms with Gasteiger partial charge in [-0.3, -0.25) is 9.59 Å². The van der Waals surface area contributed by atoms with Crippen molar-refractivity contribution in [2.45, 2.75) is 71.8 Å². The highest BCUT2D eigenvalue weighted by Gasteiger charge is 2.59. The van der Waals surface area contributed by atoms with E-state index < -0.39 is 0 Å². The minimum absolute atomic E-state index is 0.0510. The predicted octanol–water partition coefficient (Wildman–Crippen LogP) is 4.62. The molecule has 3 saturated carbocycles. The van der Waals surface area contributed by atoms with Crippen LogP contribution in [0.25, 0.3) is 0 Å². The molecular weight excluding hydrogens is 312 g/mol. The molecule has 0 heterocycles. The Morgan fingerprint density at radius 1 is 1.16 bits per heavy atom. The molecule has 4 aliphatic rings. The van der Waals surface area contributed by atoms with Crippen LogP contribution < -0.4 is 0 Å². The number of hydrogen-bond donors (Lipinski definition) is 0. The molecule has 3 heteroatoms. The lowest BCUT2D eigenvalue weighted by atomic mass is 9.48. The number of esters is 1. The van der Waals surface area contributed by atoms with Crippen molar-refractivity contribution in [3.05, 3.63) is 23.8 Å². The molecule has 0 N–H and O–H groups in total. The molecule has 4 aliphatic carbocycles. The summed E-state index contributed by atoms with van der Waals surface area (Å²) < 4.78 is 5.50. The molecule has 25 heavy (non-hydrogen) atoms. The zero-order valence-corrected chi connectivity index (χ0v) is 15.8. The third-order valence-electron chi connectivity index (χ3n) is 8.09. The molecule has 0 aromatic heterocycles. The zero-order valence-electron chi connectivity index (χ0n) is 15.8. The molecule has 136 valence electrons. The molecule has 0 bridgehead atoms. The molecule has 0 amide bonds. The Kier molecular flexibility index (Phi) is 3.79. The molecule has 3 nitrogen and oxygen atoms in total. The lowest BCUT2D eigenvalue weighted by Gasteiger charge is -2.56. The van der Waals surface area contributed by atoms with Gasteiger partial charge in [-0.15, -0.1) is 0 Å². The summed E-state index contributed by atoms with van der Waals surface area (Å²) in [6, 6.07) is 0. The standard InChI is InChI=1S/C22H30O3/c1-13-11-19-17-6-5-15-12-16(25-14(2)23)7-9-21(15,3)18(17)8-10-22(19,4)20(13)24/h5,16-19H,1,6-12H2,2-4H3/t16-,17-,18+,19+,21-,22+/m0/s1. The first-order valence-corrected chi connectivity index (χ1v) is 9.85. The van der Waals surface area contributed by atoms with Gasteiger partial charge in [0.15, 0.2) is 5.78 Å². The van der Waals surface area contributed by atoms with E-state index in [2.05, 4.69) is 26.5 Å². The van der Waals surface area contributed by atoms with E-state index in [1.54, 1.807) is 0 Å². The van der Waals surface area contributed by atoms with E-state index in [0.29, 0.717) is 23.5 Å². The third-order valence-corrected chi connectivity index (χ3v) is 8.09. The lowest BCUT2D eigenvalue weighted by molar-refractivity contribution is -0.148. The van der Waals surface area contributed by atoms with Crippen molar-refractivity contribution in [1.82, 2.24) is 0 Å². The highest BCUT2D eigenvalue weighted by Crippen LogP contribution is 2.64. The monoisotopic (exact) mass is 342 g/mol. The molecule has 3 fully saturated rings. The van der Waals surface area contributed by atoms with E-state index >= 15 is 0 Å². The summed E-state index contributed by atoms with van der Waals surface area (Å²) in [5.41, 5.74) is 2.40. The summed E-state index contributed by atoms with van der Waals surface area (Å²) in [5.74, 6) is 1.88. The average Bonchev–Trinajstić information content (AvgIpc) is 2.78. The molecule has 6 atom stereocenters. The highest BCUT2D eigenvalue weighted by atomic mass is 16.5. The number of rotatable bonds is 1. The first kappa shape index (κ1) is 17.1. The van der Waals surface area contributed by atoms with Crippen LogP contribution in [0.4, 0.5) is 0 Å². The van der Waals surface area contributed by atoms with Crippen LogP contribution in [-0.4, -0.2) is 17.9 Å². The quantitative estimate of drug-likeness (QED) is 0.397. The first-order valence-electron chi connectivity index (χ1n) is 9.85. The molecule has 0 saturated heterocycles. The van der Waals surface area contributed by atoms with Crippen molar-refractivity contribution in [3.63, 3.8) is 0 Å². The fraction of sp³-hybridized carbons (Fsp3) is 0.727. The number of ketones is 1. The fourth-order valence-corrected chi connectivity index (χ4v) is 6.70. The maximum absolute atomic E-state index is 12.7. The molecule has 0 unspecified atom stereocenters. The van der Waals surface area contributed by atoms with Gasteiger partial charge in [-0.1, -0.05) is 32.1 Å². The van der Waals surface area contributed by atoms with Crippen molar-refractivity contribution in [2.75, 3.05) is 0 Å². The van der Waals surface area contributed by atoms with Crippen molar-refractivity contribution in [1.29, 1.82) is 0 Å². The molecule has 0 aromatic rings. The van der Waals surface area contributed by atoms with Gasteiger partial charge in [0, 0.05) is 18.8 Å². The van der Waals surface area contributed by atoms with Gasteiger partial charge < -0.3 is 4.74 Å². The van der Waals surface area contributed by atoms with Gasteiger partial charge in [0.1, 0.15) is 6.10 Å². The second kappa shape index (κ2) is 5.56. The number of carbonyl (C=O) groups is 2. The van der Waals surface area contributed by atoms with Crippen LogP contribution in [0.5, 0.6) is 0 Å². The largest absolute Gasteiger partial charge is 0.462 e. The molecule has 0 aromatic carbocycles. The molecule has 4 rings (SSSR count). The van der Waals surface area contributed by atoms with E-state index in [-0.39, 0.29) is 22.9 Å². The number of ether oxygens (including phenoxy) is 1. The predicted molar refractivity (Wildman–Crippen MR) is 96.8 cm³/mol. The molecule has 0 aliphatic heterocycles. The minimum atomic E-state index is -0.172. The molecular formula is C22H30O3. The van der Waals surface area contributed by atoms with Crippen molar-refractivity contribution < 1.29 is 14.3 Å². The van der Waals surface area contributed by atoms with Gasteiger partial charge in [-0.25, -0.2) is 0 Å². The van der Waals surface area contributed by atoms with E-state index in [1.165, 1.54) is 12.5 Å².